The molecule has 2 N–H and O–H groups in total. The van der Waals surface area contributed by atoms with E-state index in [0.29, 0.717) is 18.4 Å². The third kappa shape index (κ3) is 3.64. The summed E-state index contributed by atoms with van der Waals surface area (Å²) < 4.78 is 1.27. The molecule has 1 aliphatic carbocycles. The lowest BCUT2D eigenvalue weighted by Gasteiger charge is -2.17. The lowest BCUT2D eigenvalue weighted by Crippen LogP contribution is -2.36. The highest BCUT2D eigenvalue weighted by Gasteiger charge is 2.26. The van der Waals surface area contributed by atoms with Crippen molar-refractivity contribution < 1.29 is 9.90 Å². The third-order valence-electron chi connectivity index (χ3n) is 3.71. The SMILES string of the molecule is O=C(Cn1cccnc1=O)NCC1CCCC1CO. The molecule has 6 nitrogen and oxygen atoms in total. The van der Waals surface area contributed by atoms with Crippen molar-refractivity contribution >= 4 is 5.91 Å². The van der Waals surface area contributed by atoms with E-state index in [2.05, 4.69) is 10.3 Å². The van der Waals surface area contributed by atoms with Crippen molar-refractivity contribution in [1.82, 2.24) is 14.9 Å². The Bertz CT molecular complexity index is 486. The van der Waals surface area contributed by atoms with Crippen molar-refractivity contribution in [2.45, 2.75) is 25.8 Å². The van der Waals surface area contributed by atoms with Crippen LogP contribution >= 0.6 is 0 Å². The Hall–Kier alpha value is -1.69. The Kier molecular flexibility index (Phi) is 4.68. The number of hydrogen-bond acceptors (Lipinski definition) is 4. The molecular weight excluding hydrogens is 246 g/mol. The molecule has 0 bridgehead atoms. The zero-order valence-corrected chi connectivity index (χ0v) is 10.8. The van der Waals surface area contributed by atoms with Gasteiger partial charge < -0.3 is 10.4 Å². The number of aromatic nitrogens is 2. The Labute approximate surface area is 111 Å². The predicted octanol–water partition coefficient (Wildman–Crippen LogP) is -0.232. The number of rotatable bonds is 5. The highest BCUT2D eigenvalue weighted by molar-refractivity contribution is 5.75. The average Bonchev–Trinajstić information content (AvgIpc) is 2.86. The van der Waals surface area contributed by atoms with Crippen LogP contribution in [0, 0.1) is 11.8 Å². The van der Waals surface area contributed by atoms with E-state index < -0.39 is 5.69 Å². The Morgan fingerprint density at radius 3 is 3.00 bits per heavy atom. The second kappa shape index (κ2) is 6.47. The van der Waals surface area contributed by atoms with Crippen LogP contribution < -0.4 is 11.0 Å². The molecule has 6 heteroatoms. The van der Waals surface area contributed by atoms with Crippen molar-refractivity contribution in [3.63, 3.8) is 0 Å². The smallest absolute Gasteiger partial charge is 0.347 e. The summed E-state index contributed by atoms with van der Waals surface area (Å²) in [6, 6.07) is 1.62. The molecule has 2 rings (SSSR count). The molecule has 2 unspecified atom stereocenters. The van der Waals surface area contributed by atoms with Crippen LogP contribution in [0.1, 0.15) is 19.3 Å². The third-order valence-corrected chi connectivity index (χ3v) is 3.71. The van der Waals surface area contributed by atoms with Gasteiger partial charge in [0, 0.05) is 25.5 Å². The van der Waals surface area contributed by atoms with Crippen LogP contribution in [0.25, 0.3) is 0 Å². The minimum absolute atomic E-state index is 0.0107. The van der Waals surface area contributed by atoms with Crippen LogP contribution in [-0.2, 0) is 11.3 Å². The van der Waals surface area contributed by atoms with Gasteiger partial charge in [0.2, 0.25) is 5.91 Å². The van der Waals surface area contributed by atoms with Gasteiger partial charge in [-0.1, -0.05) is 6.42 Å². The van der Waals surface area contributed by atoms with Crippen molar-refractivity contribution in [3.05, 3.63) is 28.9 Å². The summed E-state index contributed by atoms with van der Waals surface area (Å²) in [5.74, 6) is 0.444. The monoisotopic (exact) mass is 265 g/mol. The molecule has 0 aromatic carbocycles. The molecule has 104 valence electrons. The highest BCUT2D eigenvalue weighted by Crippen LogP contribution is 2.30. The van der Waals surface area contributed by atoms with E-state index >= 15 is 0 Å². The summed E-state index contributed by atoms with van der Waals surface area (Å²) >= 11 is 0. The second-order valence-electron chi connectivity index (χ2n) is 4.97. The van der Waals surface area contributed by atoms with Gasteiger partial charge in [-0.3, -0.25) is 9.36 Å². The zero-order chi connectivity index (χ0) is 13.7. The Balaban J connectivity index is 1.82. The van der Waals surface area contributed by atoms with Gasteiger partial charge >= 0.3 is 5.69 Å². The van der Waals surface area contributed by atoms with Crippen molar-refractivity contribution in [2.75, 3.05) is 13.2 Å². The lowest BCUT2D eigenvalue weighted by atomic mass is 9.97. The first-order valence-corrected chi connectivity index (χ1v) is 6.59. The minimum Gasteiger partial charge on any atom is -0.396 e. The van der Waals surface area contributed by atoms with Crippen LogP contribution in [0.2, 0.25) is 0 Å². The largest absolute Gasteiger partial charge is 0.396 e. The summed E-state index contributed by atoms with van der Waals surface area (Å²) in [4.78, 5) is 26.7. The molecule has 2 atom stereocenters. The normalized spacial score (nSPS) is 22.4. The molecular formula is C13H19N3O3. The van der Waals surface area contributed by atoms with Gasteiger partial charge in [0.1, 0.15) is 6.54 Å². The summed E-state index contributed by atoms with van der Waals surface area (Å²) in [5.41, 5.74) is -0.424. The topological polar surface area (TPSA) is 84.2 Å². The molecule has 1 aromatic heterocycles. The number of aliphatic hydroxyl groups excluding tert-OH is 1. The fourth-order valence-electron chi connectivity index (χ4n) is 2.59. The van der Waals surface area contributed by atoms with Crippen LogP contribution in [-0.4, -0.2) is 33.7 Å². The van der Waals surface area contributed by atoms with Gasteiger partial charge in [0.25, 0.3) is 0 Å². The number of hydrogen-bond donors (Lipinski definition) is 2. The molecule has 1 fully saturated rings. The Morgan fingerprint density at radius 2 is 2.26 bits per heavy atom. The maximum absolute atomic E-state index is 11.8. The first-order valence-electron chi connectivity index (χ1n) is 6.59. The van der Waals surface area contributed by atoms with Gasteiger partial charge in [0.15, 0.2) is 0 Å². The predicted molar refractivity (Wildman–Crippen MR) is 69.4 cm³/mol. The molecule has 1 saturated carbocycles. The maximum Gasteiger partial charge on any atom is 0.347 e. The quantitative estimate of drug-likeness (QED) is 0.770. The van der Waals surface area contributed by atoms with Gasteiger partial charge in [-0.25, -0.2) is 9.78 Å². The highest BCUT2D eigenvalue weighted by atomic mass is 16.3. The van der Waals surface area contributed by atoms with E-state index in [4.69, 9.17) is 0 Å². The molecule has 1 heterocycles. The number of nitrogens with zero attached hydrogens (tertiary/aromatic N) is 2. The van der Waals surface area contributed by atoms with E-state index in [1.807, 2.05) is 0 Å². The lowest BCUT2D eigenvalue weighted by molar-refractivity contribution is -0.122. The van der Waals surface area contributed by atoms with E-state index in [0.717, 1.165) is 19.3 Å². The second-order valence-corrected chi connectivity index (χ2v) is 4.97. The molecule has 0 saturated heterocycles. The van der Waals surface area contributed by atoms with Crippen molar-refractivity contribution in [3.8, 4) is 0 Å². The van der Waals surface area contributed by atoms with Gasteiger partial charge in [-0.05, 0) is 30.7 Å². The first kappa shape index (κ1) is 13.7. The number of carbonyl (C=O) groups is 1. The van der Waals surface area contributed by atoms with Gasteiger partial charge in [-0.15, -0.1) is 0 Å². The molecule has 0 radical (unpaired) electrons. The molecule has 19 heavy (non-hydrogen) atoms. The number of aliphatic hydroxyl groups is 1. The van der Waals surface area contributed by atoms with Crippen molar-refractivity contribution in [1.29, 1.82) is 0 Å². The van der Waals surface area contributed by atoms with Gasteiger partial charge in [0.05, 0.1) is 0 Å². The molecule has 1 aliphatic rings. The minimum atomic E-state index is -0.424. The molecule has 1 amide bonds. The van der Waals surface area contributed by atoms with Crippen LogP contribution in [0.3, 0.4) is 0 Å². The molecule has 1 aromatic rings. The van der Waals surface area contributed by atoms with Crippen LogP contribution in [0.4, 0.5) is 0 Å². The first-order chi connectivity index (χ1) is 9.20. The standard InChI is InChI=1S/C13H19N3O3/c17-9-11-4-1-3-10(11)7-15-12(18)8-16-6-2-5-14-13(16)19/h2,5-6,10-11,17H,1,3-4,7-9H2,(H,15,18). The fraction of sp³-hybridized carbons (Fsp3) is 0.615. The summed E-state index contributed by atoms with van der Waals surface area (Å²) in [6.07, 6.45) is 6.12. The van der Waals surface area contributed by atoms with E-state index in [1.165, 1.54) is 10.8 Å². The van der Waals surface area contributed by atoms with Crippen LogP contribution in [0.15, 0.2) is 23.3 Å². The van der Waals surface area contributed by atoms with E-state index in [-0.39, 0.29) is 19.1 Å². The zero-order valence-electron chi connectivity index (χ0n) is 10.8. The summed E-state index contributed by atoms with van der Waals surface area (Å²) in [7, 11) is 0. The summed E-state index contributed by atoms with van der Waals surface area (Å²) in [5, 5.41) is 12.0. The van der Waals surface area contributed by atoms with Crippen molar-refractivity contribution in [2.24, 2.45) is 11.8 Å². The summed E-state index contributed by atoms with van der Waals surface area (Å²) in [6.45, 7) is 0.741. The Morgan fingerprint density at radius 1 is 1.47 bits per heavy atom. The maximum atomic E-state index is 11.8. The number of amides is 1. The molecule has 0 spiro atoms. The van der Waals surface area contributed by atoms with E-state index in [9.17, 15) is 14.7 Å². The van der Waals surface area contributed by atoms with E-state index in [1.54, 1.807) is 12.3 Å². The average molecular weight is 265 g/mol. The number of nitrogens with one attached hydrogen (secondary N) is 1. The fourth-order valence-corrected chi connectivity index (χ4v) is 2.59. The van der Waals surface area contributed by atoms with Crippen LogP contribution in [0.5, 0.6) is 0 Å². The van der Waals surface area contributed by atoms with Gasteiger partial charge in [-0.2, -0.15) is 0 Å². The number of carbonyl (C=O) groups excluding carboxylic acids is 1. The molecule has 0 aliphatic heterocycles.